The van der Waals surface area contributed by atoms with Crippen LogP contribution in [0.4, 0.5) is 0 Å². The molecule has 1 saturated heterocycles. The van der Waals surface area contributed by atoms with Crippen LogP contribution >= 0.6 is 24.8 Å². The first-order valence-electron chi connectivity index (χ1n) is 9.33. The predicted octanol–water partition coefficient (Wildman–Crippen LogP) is 1.80. The molecule has 2 amide bonds. The van der Waals surface area contributed by atoms with E-state index < -0.39 is 6.04 Å². The summed E-state index contributed by atoms with van der Waals surface area (Å²) in [4.78, 5) is 28.6. The monoisotopic (exact) mass is 410 g/mol. The molecule has 0 bridgehead atoms. The smallest absolute Gasteiger partial charge is 0.240 e. The molecule has 0 aromatic carbocycles. The highest BCUT2D eigenvalue weighted by Crippen LogP contribution is 2.20. The lowest BCUT2D eigenvalue weighted by Crippen LogP contribution is -2.57. The Kier molecular flexibility index (Phi) is 11.1. The molecule has 2 rings (SSSR count). The van der Waals surface area contributed by atoms with Crippen LogP contribution in [0, 0.1) is 5.41 Å². The first kappa shape index (κ1) is 25.4. The second-order valence-corrected chi connectivity index (χ2v) is 8.35. The van der Waals surface area contributed by atoms with Crippen LogP contribution in [0.1, 0.15) is 52.9 Å². The fraction of sp³-hybridized carbons (Fsp3) is 0.889. The van der Waals surface area contributed by atoms with Gasteiger partial charge >= 0.3 is 0 Å². The second kappa shape index (κ2) is 11.3. The number of hydrogen-bond donors (Lipinski definition) is 2. The number of carbonyl (C=O) groups excluding carboxylic acids is 2. The molecule has 0 aromatic rings. The van der Waals surface area contributed by atoms with Crippen molar-refractivity contribution in [3.05, 3.63) is 0 Å². The van der Waals surface area contributed by atoms with Crippen LogP contribution in [0.3, 0.4) is 0 Å². The van der Waals surface area contributed by atoms with Crippen LogP contribution in [-0.4, -0.2) is 66.4 Å². The summed E-state index contributed by atoms with van der Waals surface area (Å²) in [5.41, 5.74) is 5.85. The molecule has 1 aliphatic carbocycles. The fourth-order valence-corrected chi connectivity index (χ4v) is 3.42. The van der Waals surface area contributed by atoms with Crippen molar-refractivity contribution in [2.24, 2.45) is 11.1 Å². The minimum atomic E-state index is -0.473. The molecule has 3 N–H and O–H groups in total. The molecular weight excluding hydrogens is 375 g/mol. The summed E-state index contributed by atoms with van der Waals surface area (Å²) >= 11 is 0. The summed E-state index contributed by atoms with van der Waals surface area (Å²) in [6.07, 6.45) is 5.95. The third kappa shape index (κ3) is 7.59. The van der Waals surface area contributed by atoms with Crippen LogP contribution in [-0.2, 0) is 9.59 Å². The topological polar surface area (TPSA) is 78.7 Å². The van der Waals surface area contributed by atoms with E-state index in [9.17, 15) is 9.59 Å². The van der Waals surface area contributed by atoms with Crippen molar-refractivity contribution >= 4 is 36.6 Å². The third-order valence-electron chi connectivity index (χ3n) is 5.22. The first-order valence-corrected chi connectivity index (χ1v) is 9.33. The van der Waals surface area contributed by atoms with Crippen molar-refractivity contribution in [1.82, 2.24) is 15.1 Å². The van der Waals surface area contributed by atoms with Gasteiger partial charge in [0.25, 0.3) is 0 Å². The van der Waals surface area contributed by atoms with Gasteiger partial charge in [-0.2, -0.15) is 0 Å². The molecule has 2 aliphatic rings. The Balaban J connectivity index is 0.00000312. The van der Waals surface area contributed by atoms with Crippen molar-refractivity contribution in [3.8, 4) is 0 Å². The van der Waals surface area contributed by atoms with Gasteiger partial charge in [-0.15, -0.1) is 24.8 Å². The minimum absolute atomic E-state index is 0. The van der Waals surface area contributed by atoms with E-state index in [1.165, 1.54) is 19.3 Å². The Morgan fingerprint density at radius 3 is 2.08 bits per heavy atom. The molecule has 154 valence electrons. The maximum absolute atomic E-state index is 12.4. The normalized spacial score (nSPS) is 20.5. The van der Waals surface area contributed by atoms with Crippen molar-refractivity contribution in [3.63, 3.8) is 0 Å². The van der Waals surface area contributed by atoms with Gasteiger partial charge in [-0.3, -0.25) is 14.5 Å². The van der Waals surface area contributed by atoms with Crippen LogP contribution in [0.5, 0.6) is 0 Å². The van der Waals surface area contributed by atoms with Crippen LogP contribution in [0.2, 0.25) is 0 Å². The number of nitrogens with one attached hydrogen (secondary N) is 1. The second-order valence-electron chi connectivity index (χ2n) is 8.35. The predicted molar refractivity (Wildman–Crippen MR) is 110 cm³/mol. The summed E-state index contributed by atoms with van der Waals surface area (Å²) in [5.74, 6) is 0.141. The molecule has 6 nitrogen and oxygen atoms in total. The van der Waals surface area contributed by atoms with Crippen molar-refractivity contribution in [2.75, 3.05) is 32.7 Å². The first-order chi connectivity index (χ1) is 11.3. The zero-order valence-electron chi connectivity index (χ0n) is 16.3. The highest BCUT2D eigenvalue weighted by atomic mass is 35.5. The SMILES string of the molecule is CC(C)(C)[C@H](N)C(=O)N1CCN(CC(=O)NC2CCCCC2)CC1.Cl.Cl. The number of nitrogens with two attached hydrogens (primary N) is 1. The van der Waals surface area contributed by atoms with Crippen LogP contribution < -0.4 is 11.1 Å². The summed E-state index contributed by atoms with van der Waals surface area (Å²) < 4.78 is 0. The Hall–Kier alpha value is -0.560. The summed E-state index contributed by atoms with van der Waals surface area (Å²) in [6, 6.07) is -0.113. The van der Waals surface area contributed by atoms with E-state index in [1.54, 1.807) is 0 Å². The highest BCUT2D eigenvalue weighted by molar-refractivity contribution is 5.85. The molecule has 2 fully saturated rings. The number of amides is 2. The van der Waals surface area contributed by atoms with Crippen LogP contribution in [0.25, 0.3) is 0 Å². The van der Waals surface area contributed by atoms with Gasteiger partial charge in [-0.05, 0) is 18.3 Å². The lowest BCUT2D eigenvalue weighted by atomic mass is 9.86. The molecule has 1 aliphatic heterocycles. The number of hydrogen-bond acceptors (Lipinski definition) is 4. The highest BCUT2D eigenvalue weighted by Gasteiger charge is 2.32. The van der Waals surface area contributed by atoms with E-state index in [0.717, 1.165) is 25.9 Å². The molecule has 1 heterocycles. The Bertz CT molecular complexity index is 443. The molecule has 1 saturated carbocycles. The zero-order chi connectivity index (χ0) is 17.7. The average molecular weight is 411 g/mol. The van der Waals surface area contributed by atoms with Gasteiger partial charge in [-0.25, -0.2) is 0 Å². The molecular formula is C18H36Cl2N4O2. The molecule has 0 unspecified atom stereocenters. The van der Waals surface area contributed by atoms with Gasteiger partial charge in [0.05, 0.1) is 12.6 Å². The van der Waals surface area contributed by atoms with Gasteiger partial charge < -0.3 is 16.0 Å². The van der Waals surface area contributed by atoms with Gasteiger partial charge in [-0.1, -0.05) is 40.0 Å². The van der Waals surface area contributed by atoms with E-state index >= 15 is 0 Å². The minimum Gasteiger partial charge on any atom is -0.352 e. The quantitative estimate of drug-likeness (QED) is 0.740. The average Bonchev–Trinajstić information content (AvgIpc) is 2.54. The van der Waals surface area contributed by atoms with E-state index in [1.807, 2.05) is 25.7 Å². The molecule has 8 heteroatoms. The van der Waals surface area contributed by atoms with Crippen molar-refractivity contribution in [1.29, 1.82) is 0 Å². The largest absolute Gasteiger partial charge is 0.352 e. The zero-order valence-corrected chi connectivity index (χ0v) is 18.0. The van der Waals surface area contributed by atoms with E-state index in [-0.39, 0.29) is 42.0 Å². The number of piperazine rings is 1. The molecule has 0 radical (unpaired) electrons. The Labute approximate surface area is 170 Å². The number of nitrogens with zero attached hydrogens (tertiary/aromatic N) is 2. The number of carbonyl (C=O) groups is 2. The molecule has 26 heavy (non-hydrogen) atoms. The Morgan fingerprint density at radius 2 is 1.58 bits per heavy atom. The standard InChI is InChI=1S/C18H34N4O2.2ClH/c1-18(2,3)16(19)17(24)22-11-9-21(10-12-22)13-15(23)20-14-7-5-4-6-8-14;;/h14,16H,4-13,19H2,1-3H3,(H,20,23);2*1H/t16-;;/m1../s1. The van der Waals surface area contributed by atoms with Crippen LogP contribution in [0.15, 0.2) is 0 Å². The maximum Gasteiger partial charge on any atom is 0.240 e. The lowest BCUT2D eigenvalue weighted by Gasteiger charge is -2.38. The van der Waals surface area contributed by atoms with Crippen molar-refractivity contribution in [2.45, 2.75) is 65.0 Å². The van der Waals surface area contributed by atoms with Gasteiger partial charge in [0.1, 0.15) is 0 Å². The number of rotatable bonds is 4. The summed E-state index contributed by atoms with van der Waals surface area (Å²) in [7, 11) is 0. The van der Waals surface area contributed by atoms with Gasteiger partial charge in [0.15, 0.2) is 0 Å². The summed E-state index contributed by atoms with van der Waals surface area (Å²) in [5, 5.41) is 3.16. The third-order valence-corrected chi connectivity index (χ3v) is 5.22. The fourth-order valence-electron chi connectivity index (χ4n) is 3.42. The van der Waals surface area contributed by atoms with E-state index in [2.05, 4.69) is 10.2 Å². The van der Waals surface area contributed by atoms with Gasteiger partial charge in [0, 0.05) is 32.2 Å². The molecule has 1 atom stereocenters. The Morgan fingerprint density at radius 1 is 1.04 bits per heavy atom. The van der Waals surface area contributed by atoms with Crippen molar-refractivity contribution < 1.29 is 9.59 Å². The maximum atomic E-state index is 12.4. The summed E-state index contributed by atoms with van der Waals surface area (Å²) in [6.45, 7) is 9.17. The van der Waals surface area contributed by atoms with Gasteiger partial charge in [0.2, 0.25) is 11.8 Å². The van der Waals surface area contributed by atoms with E-state index in [4.69, 9.17) is 5.73 Å². The lowest BCUT2D eigenvalue weighted by molar-refractivity contribution is -0.137. The number of halogens is 2. The van der Waals surface area contributed by atoms with E-state index in [0.29, 0.717) is 25.7 Å². The molecule has 0 spiro atoms. The molecule has 0 aromatic heterocycles.